The molecular weight excluding hydrogens is 184 g/mol. The van der Waals surface area contributed by atoms with E-state index in [1.165, 1.54) is 0 Å². The largest absolute Gasteiger partial charge is 0.327 e. The summed E-state index contributed by atoms with van der Waals surface area (Å²) in [7, 11) is 0. The van der Waals surface area contributed by atoms with Gasteiger partial charge in [0.2, 0.25) is 0 Å². The van der Waals surface area contributed by atoms with Gasteiger partial charge in [-0.3, -0.25) is 0 Å². The molecule has 2 heteroatoms. The minimum atomic E-state index is 0.0421. The van der Waals surface area contributed by atoms with Crippen molar-refractivity contribution >= 4 is 0 Å². The van der Waals surface area contributed by atoms with Crippen molar-refractivity contribution in [2.75, 3.05) is 0 Å². The monoisotopic (exact) mass is 206 g/mol. The van der Waals surface area contributed by atoms with Gasteiger partial charge in [0.25, 0.3) is 0 Å². The summed E-state index contributed by atoms with van der Waals surface area (Å²) in [6.45, 7) is 6.44. The van der Waals surface area contributed by atoms with Crippen molar-refractivity contribution < 1.29 is 0 Å². The van der Waals surface area contributed by atoms with Gasteiger partial charge >= 0.3 is 0 Å². The lowest BCUT2D eigenvalue weighted by Gasteiger charge is -2.29. The van der Waals surface area contributed by atoms with Crippen molar-refractivity contribution in [2.24, 2.45) is 16.9 Å². The van der Waals surface area contributed by atoms with E-state index in [9.17, 15) is 0 Å². The molecule has 4 N–H and O–H groups in total. The lowest BCUT2D eigenvalue weighted by molar-refractivity contribution is 0.292. The molecule has 0 radical (unpaired) electrons. The van der Waals surface area contributed by atoms with Gasteiger partial charge in [0, 0.05) is 12.1 Å². The zero-order valence-electron chi connectivity index (χ0n) is 9.90. The average Bonchev–Trinajstić information content (AvgIpc) is 2.17. The smallest absolute Gasteiger partial charge is 0.0309 e. The molecule has 1 aromatic rings. The van der Waals surface area contributed by atoms with Crippen molar-refractivity contribution in [1.29, 1.82) is 0 Å². The van der Waals surface area contributed by atoms with Crippen molar-refractivity contribution in [3.63, 3.8) is 0 Å². The third-order valence-corrected chi connectivity index (χ3v) is 2.85. The van der Waals surface area contributed by atoms with Crippen LogP contribution in [0, 0.1) is 5.41 Å². The fraction of sp³-hybridized carbons (Fsp3) is 0.538. The van der Waals surface area contributed by atoms with Gasteiger partial charge in [-0.15, -0.1) is 0 Å². The summed E-state index contributed by atoms with van der Waals surface area (Å²) in [5.41, 5.74) is 13.5. The predicted molar refractivity (Wildman–Crippen MR) is 65.4 cm³/mol. The van der Waals surface area contributed by atoms with Gasteiger partial charge < -0.3 is 11.5 Å². The summed E-state index contributed by atoms with van der Waals surface area (Å²) in [4.78, 5) is 0. The highest BCUT2D eigenvalue weighted by Crippen LogP contribution is 2.25. The van der Waals surface area contributed by atoms with E-state index in [2.05, 4.69) is 32.9 Å². The molecule has 0 spiro atoms. The van der Waals surface area contributed by atoms with Gasteiger partial charge in [-0.1, -0.05) is 51.1 Å². The maximum absolute atomic E-state index is 6.11. The Labute approximate surface area is 92.7 Å². The van der Waals surface area contributed by atoms with Gasteiger partial charge in [-0.05, 0) is 17.4 Å². The van der Waals surface area contributed by atoms with E-state index in [4.69, 9.17) is 11.5 Å². The van der Waals surface area contributed by atoms with E-state index < -0.39 is 0 Å². The molecule has 0 aliphatic rings. The summed E-state index contributed by atoms with van der Waals surface area (Å²) in [6, 6.07) is 10.3. The van der Waals surface area contributed by atoms with Crippen LogP contribution in [0.5, 0.6) is 0 Å². The van der Waals surface area contributed by atoms with Crippen LogP contribution in [-0.4, -0.2) is 6.04 Å². The van der Waals surface area contributed by atoms with E-state index in [1.54, 1.807) is 0 Å². The molecule has 0 amide bonds. The first-order chi connectivity index (χ1) is 6.91. The van der Waals surface area contributed by atoms with Gasteiger partial charge in [-0.25, -0.2) is 0 Å². The van der Waals surface area contributed by atoms with E-state index in [0.29, 0.717) is 0 Å². The molecule has 15 heavy (non-hydrogen) atoms. The van der Waals surface area contributed by atoms with Crippen LogP contribution in [-0.2, 0) is 0 Å². The second kappa shape index (κ2) is 4.77. The topological polar surface area (TPSA) is 52.0 Å². The van der Waals surface area contributed by atoms with Crippen molar-refractivity contribution in [3.05, 3.63) is 35.9 Å². The van der Waals surface area contributed by atoms with Crippen LogP contribution in [0.25, 0.3) is 0 Å². The van der Waals surface area contributed by atoms with E-state index in [-0.39, 0.29) is 17.5 Å². The molecule has 0 aromatic heterocycles. The standard InChI is InChI=1S/C13H22N2/c1-13(2,3)12(15)9-11(14)10-7-5-4-6-8-10/h4-8,11-12H,9,14-15H2,1-3H3. The van der Waals surface area contributed by atoms with Crippen LogP contribution in [0.4, 0.5) is 0 Å². The van der Waals surface area contributed by atoms with Gasteiger partial charge in [0.1, 0.15) is 0 Å². The first-order valence-electron chi connectivity index (χ1n) is 5.47. The zero-order valence-corrected chi connectivity index (χ0v) is 9.90. The van der Waals surface area contributed by atoms with E-state index in [1.807, 2.05) is 18.2 Å². The summed E-state index contributed by atoms with van der Waals surface area (Å²) in [5, 5.41) is 0. The molecule has 0 fully saturated rings. The van der Waals surface area contributed by atoms with Crippen molar-refractivity contribution in [1.82, 2.24) is 0 Å². The molecule has 2 atom stereocenters. The molecule has 0 saturated heterocycles. The second-order valence-electron chi connectivity index (χ2n) is 5.23. The second-order valence-corrected chi connectivity index (χ2v) is 5.23. The predicted octanol–water partition coefficient (Wildman–Crippen LogP) is 2.45. The molecule has 2 nitrogen and oxygen atoms in total. The van der Waals surface area contributed by atoms with Gasteiger partial charge in [0.05, 0.1) is 0 Å². The lowest BCUT2D eigenvalue weighted by atomic mass is 9.83. The van der Waals surface area contributed by atoms with Crippen molar-refractivity contribution in [3.8, 4) is 0 Å². The molecule has 0 aliphatic heterocycles. The maximum atomic E-state index is 6.11. The van der Waals surface area contributed by atoms with Crippen LogP contribution in [0.1, 0.15) is 38.8 Å². The summed E-state index contributed by atoms with van der Waals surface area (Å²) >= 11 is 0. The minimum absolute atomic E-state index is 0.0421. The quantitative estimate of drug-likeness (QED) is 0.798. The van der Waals surface area contributed by atoms with Crippen LogP contribution in [0.3, 0.4) is 0 Å². The SMILES string of the molecule is CC(C)(C)C(N)CC(N)c1ccccc1. The number of rotatable bonds is 3. The van der Waals surface area contributed by atoms with Gasteiger partial charge in [-0.2, -0.15) is 0 Å². The Hall–Kier alpha value is -0.860. The highest BCUT2D eigenvalue weighted by Gasteiger charge is 2.23. The Morgan fingerprint density at radius 1 is 1.07 bits per heavy atom. The third kappa shape index (κ3) is 3.65. The molecule has 2 unspecified atom stereocenters. The third-order valence-electron chi connectivity index (χ3n) is 2.85. The van der Waals surface area contributed by atoms with Crippen LogP contribution in [0.2, 0.25) is 0 Å². The maximum Gasteiger partial charge on any atom is 0.0309 e. The Morgan fingerprint density at radius 2 is 1.60 bits per heavy atom. The van der Waals surface area contributed by atoms with E-state index in [0.717, 1.165) is 12.0 Å². The average molecular weight is 206 g/mol. The zero-order chi connectivity index (χ0) is 11.5. The first-order valence-corrected chi connectivity index (χ1v) is 5.47. The van der Waals surface area contributed by atoms with Gasteiger partial charge in [0.15, 0.2) is 0 Å². The number of benzene rings is 1. The molecule has 84 valence electrons. The van der Waals surface area contributed by atoms with Crippen molar-refractivity contribution in [2.45, 2.75) is 39.3 Å². The summed E-state index contributed by atoms with van der Waals surface area (Å²) in [5.74, 6) is 0. The Morgan fingerprint density at radius 3 is 2.07 bits per heavy atom. The lowest BCUT2D eigenvalue weighted by Crippen LogP contribution is -2.37. The highest BCUT2D eigenvalue weighted by molar-refractivity contribution is 5.18. The molecule has 1 aromatic carbocycles. The molecule has 0 heterocycles. The van der Waals surface area contributed by atoms with Crippen LogP contribution in [0.15, 0.2) is 30.3 Å². The minimum Gasteiger partial charge on any atom is -0.327 e. The highest BCUT2D eigenvalue weighted by atomic mass is 14.7. The molecule has 0 saturated carbocycles. The molecule has 0 aliphatic carbocycles. The Kier molecular flexibility index (Phi) is 3.89. The normalized spacial score (nSPS) is 16.1. The molecule has 0 bridgehead atoms. The summed E-state index contributed by atoms with van der Waals surface area (Å²) < 4.78 is 0. The Balaban J connectivity index is 2.61. The fourth-order valence-corrected chi connectivity index (χ4v) is 1.46. The summed E-state index contributed by atoms with van der Waals surface area (Å²) in [6.07, 6.45) is 0.827. The number of hydrogen-bond donors (Lipinski definition) is 2. The molecule has 1 rings (SSSR count). The van der Waals surface area contributed by atoms with E-state index >= 15 is 0 Å². The first kappa shape index (κ1) is 12.2. The number of hydrogen-bond acceptors (Lipinski definition) is 2. The Bertz CT molecular complexity index is 287. The fourth-order valence-electron chi connectivity index (χ4n) is 1.46. The molecular formula is C13H22N2. The number of nitrogens with two attached hydrogens (primary N) is 2. The van der Waals surface area contributed by atoms with Crippen LogP contribution < -0.4 is 11.5 Å². The van der Waals surface area contributed by atoms with Crippen LogP contribution >= 0.6 is 0 Å².